The van der Waals surface area contributed by atoms with E-state index in [2.05, 4.69) is 37.0 Å². The average Bonchev–Trinajstić information content (AvgIpc) is 3.05. The zero-order valence-electron chi connectivity index (χ0n) is 25.3. The first-order valence-electron chi connectivity index (χ1n) is 14.8. The Morgan fingerprint density at radius 3 is 2.13 bits per heavy atom. The molecule has 0 spiro atoms. The predicted molar refractivity (Wildman–Crippen MR) is 170 cm³/mol. The molecule has 2 aromatic carbocycles. The lowest BCUT2D eigenvalue weighted by Crippen LogP contribution is -2.46. The van der Waals surface area contributed by atoms with E-state index in [0.717, 1.165) is 48.6 Å². The summed E-state index contributed by atoms with van der Waals surface area (Å²) in [6, 6.07) is 18.3. The maximum atomic E-state index is 14.6. The highest BCUT2D eigenvalue weighted by Crippen LogP contribution is 2.32. The van der Waals surface area contributed by atoms with Crippen LogP contribution in [0.2, 0.25) is 0 Å². The third-order valence-electron chi connectivity index (χ3n) is 8.15. The monoisotopic (exact) mass is 636 g/mol. The summed E-state index contributed by atoms with van der Waals surface area (Å²) in [6.45, 7) is 4.12. The van der Waals surface area contributed by atoms with E-state index in [1.165, 1.54) is 35.7 Å². The summed E-state index contributed by atoms with van der Waals surface area (Å²) in [7, 11) is 0. The number of hydrogen-bond donors (Lipinski definition) is 3. The zero-order valence-corrected chi connectivity index (χ0v) is 25.3. The first-order valence-corrected chi connectivity index (χ1v) is 14.8. The Bertz CT molecular complexity index is 1610. The summed E-state index contributed by atoms with van der Waals surface area (Å²) in [5, 5.41) is 14.0. The van der Waals surface area contributed by atoms with Gasteiger partial charge in [0.2, 0.25) is 0 Å². The number of piperazine rings is 1. The molecule has 0 radical (unpaired) electrons. The molecule has 0 bridgehead atoms. The van der Waals surface area contributed by atoms with Crippen molar-refractivity contribution in [3.8, 4) is 11.1 Å². The minimum Gasteiger partial charge on any atom is -0.387 e. The number of hydrogen-bond acceptors (Lipinski definition) is 8. The van der Waals surface area contributed by atoms with Crippen LogP contribution in [0.5, 0.6) is 0 Å². The maximum Gasteiger partial charge on any atom is 0.314 e. The molecule has 5 N–H and O–H groups in total. The molecule has 4 aromatic rings. The van der Waals surface area contributed by atoms with Gasteiger partial charge in [0, 0.05) is 67.8 Å². The number of hydrazine groups is 1. The van der Waals surface area contributed by atoms with E-state index < -0.39 is 35.3 Å². The molecule has 1 saturated heterocycles. The molecule has 5 rings (SSSR count). The van der Waals surface area contributed by atoms with Gasteiger partial charge >= 0.3 is 5.92 Å². The fraction of sp³-hybridized carbons (Fsp3) is 0.303. The van der Waals surface area contributed by atoms with Gasteiger partial charge in [-0.05, 0) is 60.9 Å². The van der Waals surface area contributed by atoms with Gasteiger partial charge in [-0.3, -0.25) is 15.0 Å². The van der Waals surface area contributed by atoms with Crippen LogP contribution in [0.3, 0.4) is 0 Å². The van der Waals surface area contributed by atoms with Gasteiger partial charge < -0.3 is 20.7 Å². The summed E-state index contributed by atoms with van der Waals surface area (Å²) in [4.78, 5) is 12.9. The van der Waals surface area contributed by atoms with Crippen molar-refractivity contribution >= 4 is 17.7 Å². The first-order chi connectivity index (χ1) is 22.0. The highest BCUT2D eigenvalue weighted by Gasteiger charge is 2.39. The number of alkyl halides is 2. The van der Waals surface area contributed by atoms with Crippen molar-refractivity contribution in [1.82, 2.24) is 15.0 Å². The molecule has 9 nitrogen and oxygen atoms in total. The molecule has 1 aliphatic heterocycles. The Kier molecular flexibility index (Phi) is 10.0. The van der Waals surface area contributed by atoms with Crippen molar-refractivity contribution in [2.75, 3.05) is 42.5 Å². The highest BCUT2D eigenvalue weighted by molar-refractivity contribution is 5.66. The second kappa shape index (κ2) is 14.1. The maximum absolute atomic E-state index is 14.6. The van der Waals surface area contributed by atoms with Crippen LogP contribution in [-0.4, -0.2) is 65.2 Å². The molecule has 1 fully saturated rings. The highest BCUT2D eigenvalue weighted by atomic mass is 19.3. The third kappa shape index (κ3) is 7.54. The van der Waals surface area contributed by atoms with E-state index in [0.29, 0.717) is 30.8 Å². The third-order valence-corrected chi connectivity index (χ3v) is 8.15. The van der Waals surface area contributed by atoms with E-state index in [4.69, 9.17) is 11.7 Å². The number of anilines is 2. The van der Waals surface area contributed by atoms with E-state index in [1.54, 1.807) is 12.3 Å². The summed E-state index contributed by atoms with van der Waals surface area (Å²) in [5.74, 6) is 5.98. The fourth-order valence-corrected chi connectivity index (χ4v) is 5.53. The zero-order chi connectivity index (χ0) is 32.8. The van der Waals surface area contributed by atoms with E-state index in [9.17, 15) is 22.7 Å². The molecule has 2 aromatic heterocycles. The molecule has 2 unspecified atom stereocenters. The van der Waals surface area contributed by atoms with Crippen molar-refractivity contribution in [2.24, 2.45) is 16.8 Å². The standard InChI is InChI=1S/C33H36F4N8O/c1-22(46)33(36,37)32-11-9-29(19-41-32)44-14-12-43(13-15-44)28-7-3-23(4-8-28)24-2-6-27(40-18-24)16-25(20-45(39)21-42-38)30-10-5-26(34)17-31(30)35/h2-11,17-19,21-22,25,46H,12-16,20,38-39H2,1H3/b42-21-. The summed E-state index contributed by atoms with van der Waals surface area (Å²) < 4.78 is 56.3. The summed E-state index contributed by atoms with van der Waals surface area (Å²) in [5.41, 5.74) is 4.30. The summed E-state index contributed by atoms with van der Waals surface area (Å²) in [6.07, 6.45) is 2.96. The quantitative estimate of drug-likeness (QED) is 0.0718. The number of benzene rings is 2. The first kappa shape index (κ1) is 32.6. The number of nitrogens with zero attached hydrogens (tertiary/aromatic N) is 6. The number of halogens is 4. The number of aliphatic hydroxyl groups excluding tert-OH is 1. The average molecular weight is 637 g/mol. The number of rotatable bonds is 11. The van der Waals surface area contributed by atoms with Gasteiger partial charge in [0.05, 0.1) is 11.9 Å². The molecular weight excluding hydrogens is 600 g/mol. The van der Waals surface area contributed by atoms with Crippen molar-refractivity contribution in [1.29, 1.82) is 0 Å². The molecular formula is C33H36F4N8O. The minimum atomic E-state index is -3.40. The Hall–Kier alpha value is -4.75. The van der Waals surface area contributed by atoms with Gasteiger partial charge in [0.15, 0.2) is 0 Å². The van der Waals surface area contributed by atoms with Crippen LogP contribution in [0.25, 0.3) is 11.1 Å². The van der Waals surface area contributed by atoms with Crippen molar-refractivity contribution in [3.05, 3.63) is 108 Å². The fourth-order valence-electron chi connectivity index (χ4n) is 5.53. The number of aliphatic hydroxyl groups is 1. The Balaban J connectivity index is 1.20. The van der Waals surface area contributed by atoms with Crippen molar-refractivity contribution < 1.29 is 22.7 Å². The number of hydrazone groups is 1. The summed E-state index contributed by atoms with van der Waals surface area (Å²) >= 11 is 0. The lowest BCUT2D eigenvalue weighted by Gasteiger charge is -2.37. The molecule has 242 valence electrons. The van der Waals surface area contributed by atoms with Crippen LogP contribution in [0, 0.1) is 11.6 Å². The second-order valence-corrected chi connectivity index (χ2v) is 11.3. The number of nitrogens with two attached hydrogens (primary N) is 2. The topological polar surface area (TPSA) is 120 Å². The molecule has 2 atom stereocenters. The van der Waals surface area contributed by atoms with Gasteiger partial charge in [0.1, 0.15) is 29.8 Å². The number of pyridine rings is 2. The van der Waals surface area contributed by atoms with Crippen LogP contribution >= 0.6 is 0 Å². The van der Waals surface area contributed by atoms with Gasteiger partial charge in [-0.2, -0.15) is 13.9 Å². The van der Waals surface area contributed by atoms with E-state index in [1.807, 2.05) is 24.3 Å². The smallest absolute Gasteiger partial charge is 0.314 e. The minimum absolute atomic E-state index is 0.189. The Morgan fingerprint density at radius 1 is 0.913 bits per heavy atom. The van der Waals surface area contributed by atoms with Crippen LogP contribution in [-0.2, 0) is 12.3 Å². The van der Waals surface area contributed by atoms with Crippen LogP contribution in [0.4, 0.5) is 28.9 Å². The van der Waals surface area contributed by atoms with Crippen LogP contribution in [0.1, 0.15) is 29.8 Å². The molecule has 3 heterocycles. The lowest BCUT2D eigenvalue weighted by molar-refractivity contribution is -0.109. The van der Waals surface area contributed by atoms with Crippen molar-refractivity contribution in [2.45, 2.75) is 31.3 Å². The van der Waals surface area contributed by atoms with Gasteiger partial charge in [-0.15, -0.1) is 0 Å². The van der Waals surface area contributed by atoms with Gasteiger partial charge in [0.25, 0.3) is 0 Å². The number of aromatic nitrogens is 2. The SMILES string of the molecule is CC(O)C(F)(F)c1ccc(N2CCN(c3ccc(-c4ccc(CC(CN(N)/C=N\N)c5ccc(F)cc5F)nc4)cc3)CC2)cn1. The molecule has 13 heteroatoms. The Morgan fingerprint density at radius 2 is 1.57 bits per heavy atom. The van der Waals surface area contributed by atoms with Crippen LogP contribution < -0.4 is 21.5 Å². The molecule has 0 amide bonds. The second-order valence-electron chi connectivity index (χ2n) is 11.3. The largest absolute Gasteiger partial charge is 0.387 e. The molecule has 0 saturated carbocycles. The molecule has 0 aliphatic carbocycles. The normalized spacial score (nSPS) is 15.3. The Labute approximate surface area is 264 Å². The predicted octanol–water partition coefficient (Wildman–Crippen LogP) is 4.63. The van der Waals surface area contributed by atoms with E-state index in [-0.39, 0.29) is 6.54 Å². The molecule has 1 aliphatic rings. The van der Waals surface area contributed by atoms with Gasteiger partial charge in [-0.25, -0.2) is 14.6 Å². The van der Waals surface area contributed by atoms with Crippen LogP contribution in [0.15, 0.2) is 84.2 Å². The lowest BCUT2D eigenvalue weighted by atomic mass is 9.93. The van der Waals surface area contributed by atoms with Gasteiger partial charge in [-0.1, -0.05) is 24.3 Å². The van der Waals surface area contributed by atoms with Crippen molar-refractivity contribution in [3.63, 3.8) is 0 Å². The molecule has 46 heavy (non-hydrogen) atoms. The van der Waals surface area contributed by atoms with E-state index >= 15 is 0 Å².